The van der Waals surface area contributed by atoms with Crippen molar-refractivity contribution in [2.45, 2.75) is 31.7 Å². The Kier molecular flexibility index (Phi) is 7.34. The third-order valence-corrected chi connectivity index (χ3v) is 6.78. The zero-order valence-electron chi connectivity index (χ0n) is 19.3. The number of imide groups is 1. The maximum atomic E-state index is 12.5. The van der Waals surface area contributed by atoms with Gasteiger partial charge in [-0.15, -0.1) is 0 Å². The zero-order chi connectivity index (χ0) is 23.4. The van der Waals surface area contributed by atoms with Crippen LogP contribution in [0.3, 0.4) is 0 Å². The van der Waals surface area contributed by atoms with Gasteiger partial charge in [0, 0.05) is 76.9 Å². The summed E-state index contributed by atoms with van der Waals surface area (Å²) in [6.07, 6.45) is 2.60. The van der Waals surface area contributed by atoms with Crippen molar-refractivity contribution in [1.82, 2.24) is 15.1 Å². The van der Waals surface area contributed by atoms with E-state index in [9.17, 15) is 14.4 Å². The highest BCUT2D eigenvalue weighted by atomic mass is 16.5. The van der Waals surface area contributed by atoms with Crippen molar-refractivity contribution in [3.05, 3.63) is 18.2 Å². The van der Waals surface area contributed by atoms with E-state index in [1.807, 2.05) is 23.1 Å². The van der Waals surface area contributed by atoms with E-state index in [0.29, 0.717) is 24.4 Å². The minimum Gasteiger partial charge on any atom is -0.495 e. The van der Waals surface area contributed by atoms with Crippen LogP contribution in [0.1, 0.15) is 25.7 Å². The largest absolute Gasteiger partial charge is 0.495 e. The molecule has 33 heavy (non-hydrogen) atoms. The molecule has 4 rings (SSSR count). The van der Waals surface area contributed by atoms with Gasteiger partial charge < -0.3 is 20.3 Å². The average Bonchev–Trinajstić information content (AvgIpc) is 2.83. The van der Waals surface area contributed by atoms with Gasteiger partial charge in [0.1, 0.15) is 5.75 Å². The molecule has 0 saturated carbocycles. The number of nitrogens with zero attached hydrogens (tertiary/aromatic N) is 4. The second-order valence-corrected chi connectivity index (χ2v) is 8.91. The van der Waals surface area contributed by atoms with E-state index in [0.717, 1.165) is 64.3 Å². The normalized spacial score (nSPS) is 20.7. The van der Waals surface area contributed by atoms with Crippen LogP contribution in [0.2, 0.25) is 0 Å². The van der Waals surface area contributed by atoms with Crippen LogP contribution in [0.15, 0.2) is 18.2 Å². The van der Waals surface area contributed by atoms with E-state index in [4.69, 9.17) is 10.5 Å². The fraction of sp³-hybridized carbons (Fsp3) is 0.609. The molecule has 180 valence electrons. The predicted molar refractivity (Wildman–Crippen MR) is 126 cm³/mol. The quantitative estimate of drug-likeness (QED) is 0.642. The molecule has 3 aliphatic heterocycles. The van der Waals surface area contributed by atoms with Crippen LogP contribution in [0.4, 0.5) is 16.2 Å². The van der Waals surface area contributed by atoms with Crippen molar-refractivity contribution in [3.63, 3.8) is 0 Å². The summed E-state index contributed by atoms with van der Waals surface area (Å²) < 4.78 is 5.47. The molecular formula is C23H34N6O4. The molecule has 3 heterocycles. The molecule has 0 aliphatic carbocycles. The number of piperazine rings is 1. The van der Waals surface area contributed by atoms with Crippen molar-refractivity contribution >= 4 is 29.2 Å². The fourth-order valence-corrected chi connectivity index (χ4v) is 4.67. The Morgan fingerprint density at radius 1 is 1.09 bits per heavy atom. The van der Waals surface area contributed by atoms with Crippen LogP contribution in [0.25, 0.3) is 0 Å². The first kappa shape index (κ1) is 23.3. The SMILES string of the molecule is COc1ccc(N2CCN(CCC(=O)N3CCC(N)CC3)CC2)cc1N1CCC(=O)NC1=O. The van der Waals surface area contributed by atoms with Crippen LogP contribution in [-0.4, -0.2) is 93.2 Å². The lowest BCUT2D eigenvalue weighted by Crippen LogP contribution is -2.50. The second kappa shape index (κ2) is 10.4. The van der Waals surface area contributed by atoms with Crippen LogP contribution >= 0.6 is 0 Å². The van der Waals surface area contributed by atoms with E-state index in [-0.39, 0.29) is 24.3 Å². The number of urea groups is 1. The standard InChI is InChI=1S/C23H34N6O4/c1-33-20-3-2-18(16-19(20)29-11-6-21(30)25-23(29)32)27-14-12-26(13-15-27)8-7-22(31)28-9-4-17(24)5-10-28/h2-3,16-17H,4-15,24H2,1H3,(H,25,30,32). The minimum atomic E-state index is -0.424. The van der Waals surface area contributed by atoms with Crippen molar-refractivity contribution in [2.75, 3.05) is 69.3 Å². The first-order chi connectivity index (χ1) is 15.9. The number of hydrogen-bond acceptors (Lipinski definition) is 7. The number of carbonyl (C=O) groups is 3. The third-order valence-electron chi connectivity index (χ3n) is 6.78. The van der Waals surface area contributed by atoms with Crippen molar-refractivity contribution in [2.24, 2.45) is 5.73 Å². The van der Waals surface area contributed by atoms with Crippen molar-refractivity contribution in [3.8, 4) is 5.75 Å². The summed E-state index contributed by atoms with van der Waals surface area (Å²) in [7, 11) is 1.57. The van der Waals surface area contributed by atoms with Gasteiger partial charge >= 0.3 is 6.03 Å². The molecule has 0 bridgehead atoms. The maximum absolute atomic E-state index is 12.5. The number of piperidine rings is 1. The Morgan fingerprint density at radius 2 is 1.82 bits per heavy atom. The minimum absolute atomic E-state index is 0.224. The molecule has 0 atom stereocenters. The molecule has 3 fully saturated rings. The number of methoxy groups -OCH3 is 1. The van der Waals surface area contributed by atoms with Gasteiger partial charge in [-0.25, -0.2) is 4.79 Å². The van der Waals surface area contributed by atoms with Crippen LogP contribution < -0.4 is 25.6 Å². The number of nitrogens with two attached hydrogens (primary N) is 1. The lowest BCUT2D eigenvalue weighted by molar-refractivity contribution is -0.132. The Morgan fingerprint density at radius 3 is 2.48 bits per heavy atom. The number of amides is 4. The number of rotatable bonds is 6. The van der Waals surface area contributed by atoms with E-state index < -0.39 is 6.03 Å². The second-order valence-electron chi connectivity index (χ2n) is 8.91. The molecular weight excluding hydrogens is 424 g/mol. The molecule has 3 saturated heterocycles. The van der Waals surface area contributed by atoms with Gasteiger partial charge in [-0.3, -0.25) is 24.7 Å². The number of carbonyl (C=O) groups excluding carboxylic acids is 3. The highest BCUT2D eigenvalue weighted by Gasteiger charge is 2.28. The van der Waals surface area contributed by atoms with Gasteiger partial charge in [-0.1, -0.05) is 0 Å². The van der Waals surface area contributed by atoms with Gasteiger partial charge in [0.25, 0.3) is 0 Å². The van der Waals surface area contributed by atoms with Crippen molar-refractivity contribution < 1.29 is 19.1 Å². The molecule has 10 heteroatoms. The molecule has 0 spiro atoms. The lowest BCUT2D eigenvalue weighted by Gasteiger charge is -2.37. The third kappa shape index (κ3) is 5.56. The van der Waals surface area contributed by atoms with E-state index in [2.05, 4.69) is 15.1 Å². The number of anilines is 2. The van der Waals surface area contributed by atoms with Crippen LogP contribution in [0.5, 0.6) is 5.75 Å². The maximum Gasteiger partial charge on any atom is 0.328 e. The molecule has 3 aliphatic rings. The first-order valence-electron chi connectivity index (χ1n) is 11.7. The first-order valence-corrected chi connectivity index (χ1v) is 11.7. The Balaban J connectivity index is 1.31. The van der Waals surface area contributed by atoms with E-state index in [1.54, 1.807) is 12.0 Å². The summed E-state index contributed by atoms with van der Waals surface area (Å²) in [5.74, 6) is 0.561. The monoisotopic (exact) mass is 458 g/mol. The number of benzene rings is 1. The summed E-state index contributed by atoms with van der Waals surface area (Å²) >= 11 is 0. The van der Waals surface area contributed by atoms with Crippen LogP contribution in [-0.2, 0) is 9.59 Å². The highest BCUT2D eigenvalue weighted by molar-refractivity contribution is 6.06. The van der Waals surface area contributed by atoms with Gasteiger partial charge in [0.2, 0.25) is 11.8 Å². The summed E-state index contributed by atoms with van der Waals surface area (Å²) in [6, 6.07) is 5.62. The predicted octanol–water partition coefficient (Wildman–Crippen LogP) is 0.603. The average molecular weight is 459 g/mol. The molecule has 0 radical (unpaired) electrons. The molecule has 0 aromatic heterocycles. The summed E-state index contributed by atoms with van der Waals surface area (Å²) in [4.78, 5) is 44.5. The number of nitrogens with one attached hydrogen (secondary N) is 1. The Bertz CT molecular complexity index is 878. The number of hydrogen-bond donors (Lipinski definition) is 2. The molecule has 3 N–H and O–H groups in total. The van der Waals surface area contributed by atoms with Gasteiger partial charge in [0.15, 0.2) is 0 Å². The number of likely N-dealkylation sites (tertiary alicyclic amines) is 1. The molecule has 4 amide bonds. The fourth-order valence-electron chi connectivity index (χ4n) is 4.67. The summed E-state index contributed by atoms with van der Waals surface area (Å²) in [5.41, 5.74) is 7.61. The molecule has 1 aromatic rings. The molecule has 10 nitrogen and oxygen atoms in total. The summed E-state index contributed by atoms with van der Waals surface area (Å²) in [5, 5.41) is 2.37. The highest BCUT2D eigenvalue weighted by Crippen LogP contribution is 2.34. The zero-order valence-corrected chi connectivity index (χ0v) is 19.3. The molecule has 0 unspecified atom stereocenters. The Labute approximate surface area is 194 Å². The molecule has 1 aromatic carbocycles. The summed E-state index contributed by atoms with van der Waals surface area (Å²) in [6.45, 7) is 6.07. The smallest absolute Gasteiger partial charge is 0.328 e. The van der Waals surface area contributed by atoms with Gasteiger partial charge in [-0.05, 0) is 31.0 Å². The van der Waals surface area contributed by atoms with Gasteiger partial charge in [0.05, 0.1) is 12.8 Å². The van der Waals surface area contributed by atoms with E-state index in [1.165, 1.54) is 0 Å². The topological polar surface area (TPSA) is 111 Å². The van der Waals surface area contributed by atoms with Crippen molar-refractivity contribution in [1.29, 1.82) is 0 Å². The van der Waals surface area contributed by atoms with Crippen LogP contribution in [0, 0.1) is 0 Å². The van der Waals surface area contributed by atoms with Gasteiger partial charge in [-0.2, -0.15) is 0 Å². The number of ether oxygens (including phenoxy) is 1. The Hall–Kier alpha value is -2.85. The lowest BCUT2D eigenvalue weighted by atomic mass is 10.1. The van der Waals surface area contributed by atoms with E-state index >= 15 is 0 Å².